The molecule has 2 heterocycles. The minimum absolute atomic E-state index is 0.0698. The van der Waals surface area contributed by atoms with Crippen LogP contribution in [0, 0.1) is 5.82 Å². The van der Waals surface area contributed by atoms with Crippen LogP contribution in [0.3, 0.4) is 0 Å². The van der Waals surface area contributed by atoms with Crippen LogP contribution in [0.15, 0.2) is 48.5 Å². The summed E-state index contributed by atoms with van der Waals surface area (Å²) in [4.78, 5) is 24.7. The molecule has 1 aliphatic rings. The molecule has 0 radical (unpaired) electrons. The van der Waals surface area contributed by atoms with E-state index in [1.54, 1.807) is 48.1 Å². The topological polar surface area (TPSA) is 76.0 Å². The molecule has 6 nitrogen and oxygen atoms in total. The Morgan fingerprint density at radius 3 is 2.57 bits per heavy atom. The molecule has 0 atom stereocenters. The maximum absolute atomic E-state index is 13.1. The van der Waals surface area contributed by atoms with Gasteiger partial charge >= 0.3 is 0 Å². The van der Waals surface area contributed by atoms with E-state index < -0.39 is 5.41 Å². The Hall–Kier alpha value is -3.48. The summed E-state index contributed by atoms with van der Waals surface area (Å²) in [5.41, 5.74) is 3.23. The number of nitrogens with one attached hydrogen (secondary N) is 2. The molecule has 0 fully saturated rings. The zero-order chi connectivity index (χ0) is 20.1. The number of nitrogens with zero attached hydrogens (tertiary/aromatic N) is 2. The fourth-order valence-corrected chi connectivity index (χ4v) is 3.31. The first kappa shape index (κ1) is 17.9. The van der Waals surface area contributed by atoms with Crippen molar-refractivity contribution in [3.8, 4) is 11.3 Å². The Morgan fingerprint density at radius 2 is 1.86 bits per heavy atom. The van der Waals surface area contributed by atoms with Gasteiger partial charge in [-0.2, -0.15) is 5.10 Å². The van der Waals surface area contributed by atoms with Gasteiger partial charge < -0.3 is 10.6 Å². The first-order valence-electron chi connectivity index (χ1n) is 8.83. The highest BCUT2D eigenvalue weighted by Gasteiger charge is 2.38. The largest absolute Gasteiger partial charge is 0.325 e. The van der Waals surface area contributed by atoms with Crippen LogP contribution in [0.4, 0.5) is 15.8 Å². The van der Waals surface area contributed by atoms with Crippen molar-refractivity contribution in [2.45, 2.75) is 19.3 Å². The van der Waals surface area contributed by atoms with Gasteiger partial charge in [0, 0.05) is 18.4 Å². The second-order valence-electron chi connectivity index (χ2n) is 7.34. The molecule has 0 saturated heterocycles. The average Bonchev–Trinajstić information content (AvgIpc) is 3.14. The van der Waals surface area contributed by atoms with Gasteiger partial charge in [0.25, 0.3) is 5.91 Å². The molecule has 2 aromatic carbocycles. The van der Waals surface area contributed by atoms with Crippen molar-refractivity contribution in [1.82, 2.24) is 9.78 Å². The van der Waals surface area contributed by atoms with Gasteiger partial charge in [-0.25, -0.2) is 4.39 Å². The highest BCUT2D eigenvalue weighted by atomic mass is 19.1. The number of hydrogen-bond donors (Lipinski definition) is 2. The lowest BCUT2D eigenvalue weighted by Gasteiger charge is -2.15. The summed E-state index contributed by atoms with van der Waals surface area (Å²) in [6, 6.07) is 13.0. The highest BCUT2D eigenvalue weighted by Crippen LogP contribution is 2.38. The van der Waals surface area contributed by atoms with Crippen LogP contribution in [-0.4, -0.2) is 21.6 Å². The monoisotopic (exact) mass is 378 g/mol. The first-order valence-corrected chi connectivity index (χ1v) is 8.83. The highest BCUT2D eigenvalue weighted by molar-refractivity contribution is 6.07. The molecule has 0 bridgehead atoms. The van der Waals surface area contributed by atoms with Gasteiger partial charge in [0.05, 0.1) is 11.1 Å². The maximum Gasteiger partial charge on any atom is 0.276 e. The molecule has 2 amide bonds. The van der Waals surface area contributed by atoms with E-state index in [0.717, 1.165) is 16.8 Å². The van der Waals surface area contributed by atoms with Crippen LogP contribution in [0.5, 0.6) is 0 Å². The van der Waals surface area contributed by atoms with Gasteiger partial charge in [-0.1, -0.05) is 0 Å². The lowest BCUT2D eigenvalue weighted by atomic mass is 9.86. The van der Waals surface area contributed by atoms with Crippen molar-refractivity contribution in [2.24, 2.45) is 7.05 Å². The molecular formula is C21H19FN4O2. The third-order valence-electron chi connectivity index (χ3n) is 5.02. The summed E-state index contributed by atoms with van der Waals surface area (Å²) in [5.74, 6) is -0.755. The van der Waals surface area contributed by atoms with Crippen LogP contribution in [0.1, 0.15) is 29.9 Å². The summed E-state index contributed by atoms with van der Waals surface area (Å²) in [6.45, 7) is 3.68. The van der Waals surface area contributed by atoms with Crippen molar-refractivity contribution in [2.75, 3.05) is 10.6 Å². The van der Waals surface area contributed by atoms with E-state index in [9.17, 15) is 14.0 Å². The summed E-state index contributed by atoms with van der Waals surface area (Å²) >= 11 is 0. The van der Waals surface area contributed by atoms with Gasteiger partial charge in [0.1, 0.15) is 5.82 Å². The maximum atomic E-state index is 13.1. The van der Waals surface area contributed by atoms with Crippen molar-refractivity contribution < 1.29 is 14.0 Å². The smallest absolute Gasteiger partial charge is 0.276 e. The van der Waals surface area contributed by atoms with Gasteiger partial charge in [-0.05, 0) is 73.5 Å². The van der Waals surface area contributed by atoms with Crippen molar-refractivity contribution in [1.29, 1.82) is 0 Å². The molecule has 1 aliphatic heterocycles. The SMILES string of the molecule is Cn1nc(C(=O)Nc2ccc3c(c2)C(C)(C)C(=O)N3)cc1-c1ccc(F)cc1. The van der Waals surface area contributed by atoms with Crippen LogP contribution >= 0.6 is 0 Å². The van der Waals surface area contributed by atoms with Crippen LogP contribution in [-0.2, 0) is 17.3 Å². The van der Waals surface area contributed by atoms with E-state index in [1.165, 1.54) is 12.1 Å². The summed E-state index contributed by atoms with van der Waals surface area (Å²) in [6.07, 6.45) is 0. The number of benzene rings is 2. The number of carbonyl (C=O) groups excluding carboxylic acids is 2. The van der Waals surface area contributed by atoms with E-state index in [1.807, 2.05) is 13.8 Å². The Labute approximate surface area is 161 Å². The van der Waals surface area contributed by atoms with E-state index in [-0.39, 0.29) is 23.3 Å². The predicted molar refractivity (Wildman–Crippen MR) is 105 cm³/mol. The summed E-state index contributed by atoms with van der Waals surface area (Å²) in [5, 5.41) is 9.93. The van der Waals surface area contributed by atoms with E-state index in [2.05, 4.69) is 15.7 Å². The number of amides is 2. The number of aromatic nitrogens is 2. The van der Waals surface area contributed by atoms with Crippen molar-refractivity contribution >= 4 is 23.2 Å². The fraction of sp³-hybridized carbons (Fsp3) is 0.190. The number of fused-ring (bicyclic) bond motifs is 1. The molecule has 142 valence electrons. The molecule has 0 spiro atoms. The Balaban J connectivity index is 1.59. The molecule has 2 N–H and O–H groups in total. The Kier molecular flexibility index (Phi) is 4.03. The third-order valence-corrected chi connectivity index (χ3v) is 5.02. The van der Waals surface area contributed by atoms with Gasteiger partial charge in [-0.15, -0.1) is 0 Å². The lowest BCUT2D eigenvalue weighted by molar-refractivity contribution is -0.119. The first-order chi connectivity index (χ1) is 13.3. The van der Waals surface area contributed by atoms with Crippen molar-refractivity contribution in [3.63, 3.8) is 0 Å². The number of rotatable bonds is 3. The normalized spacial score (nSPS) is 14.5. The molecule has 0 unspecified atom stereocenters. The number of anilines is 2. The van der Waals surface area contributed by atoms with E-state index in [4.69, 9.17) is 0 Å². The minimum Gasteiger partial charge on any atom is -0.325 e. The molecule has 1 aromatic heterocycles. The van der Waals surface area contributed by atoms with E-state index >= 15 is 0 Å². The third kappa shape index (κ3) is 2.94. The van der Waals surface area contributed by atoms with Crippen LogP contribution < -0.4 is 10.6 Å². The van der Waals surface area contributed by atoms with Gasteiger partial charge in [0.15, 0.2) is 5.69 Å². The lowest BCUT2D eigenvalue weighted by Crippen LogP contribution is -2.26. The van der Waals surface area contributed by atoms with E-state index in [0.29, 0.717) is 11.4 Å². The van der Waals surface area contributed by atoms with Gasteiger partial charge in [0.2, 0.25) is 5.91 Å². The molecule has 4 rings (SSSR count). The second kappa shape index (κ2) is 6.30. The molecular weight excluding hydrogens is 359 g/mol. The quantitative estimate of drug-likeness (QED) is 0.730. The number of hydrogen-bond acceptors (Lipinski definition) is 3. The summed E-state index contributed by atoms with van der Waals surface area (Å²) in [7, 11) is 1.73. The second-order valence-corrected chi connectivity index (χ2v) is 7.34. The molecule has 28 heavy (non-hydrogen) atoms. The zero-order valence-corrected chi connectivity index (χ0v) is 15.7. The Bertz CT molecular complexity index is 1100. The molecule has 3 aromatic rings. The van der Waals surface area contributed by atoms with Crippen LogP contribution in [0.25, 0.3) is 11.3 Å². The molecule has 0 saturated carbocycles. The van der Waals surface area contributed by atoms with Crippen LogP contribution in [0.2, 0.25) is 0 Å². The predicted octanol–water partition coefficient (Wildman–Crippen LogP) is 3.71. The fourth-order valence-electron chi connectivity index (χ4n) is 3.31. The van der Waals surface area contributed by atoms with Gasteiger partial charge in [-0.3, -0.25) is 14.3 Å². The molecule has 7 heteroatoms. The average molecular weight is 378 g/mol. The zero-order valence-electron chi connectivity index (χ0n) is 15.7. The number of carbonyl (C=O) groups is 2. The number of halogens is 1. The minimum atomic E-state index is -0.656. The molecule has 0 aliphatic carbocycles. The standard InChI is InChI=1S/C21H19FN4O2/c1-21(2)15-10-14(8-9-16(15)24-20(21)28)23-19(27)17-11-18(26(3)25-17)12-4-6-13(22)7-5-12/h4-11H,1-3H3,(H,23,27)(H,24,28). The number of aryl methyl sites for hydroxylation is 1. The van der Waals surface area contributed by atoms with Crippen molar-refractivity contribution in [3.05, 3.63) is 65.6 Å². The Morgan fingerprint density at radius 1 is 1.14 bits per heavy atom. The summed E-state index contributed by atoms with van der Waals surface area (Å²) < 4.78 is 14.7.